The Morgan fingerprint density at radius 3 is 2.22 bits per heavy atom. The Morgan fingerprint density at radius 2 is 1.58 bits per heavy atom. The van der Waals surface area contributed by atoms with E-state index in [1.165, 1.54) is 30.3 Å². The maximum Gasteiger partial charge on any atom is 0.416 e. The van der Waals surface area contributed by atoms with Gasteiger partial charge in [0.2, 0.25) is 5.91 Å². The van der Waals surface area contributed by atoms with Gasteiger partial charge in [-0.15, -0.1) is 23.2 Å². The van der Waals surface area contributed by atoms with E-state index in [4.69, 9.17) is 58.0 Å². The van der Waals surface area contributed by atoms with Crippen LogP contribution in [0, 0.1) is 5.92 Å². The predicted octanol–water partition coefficient (Wildman–Crippen LogP) is 8.62. The number of carbonyl (C=O) groups excluding carboxylic acids is 2. The third-order valence-corrected chi connectivity index (χ3v) is 7.44. The molecule has 1 saturated carbocycles. The lowest BCUT2D eigenvalue weighted by Crippen LogP contribution is -2.17. The van der Waals surface area contributed by atoms with Crippen LogP contribution in [0.2, 0.25) is 15.1 Å². The van der Waals surface area contributed by atoms with Crippen molar-refractivity contribution < 1.29 is 22.8 Å². The van der Waals surface area contributed by atoms with Gasteiger partial charge in [0.1, 0.15) is 4.33 Å². The highest BCUT2D eigenvalue weighted by atomic mass is 35.5. The fraction of sp³-hybridized carbons (Fsp3) is 0.200. The summed E-state index contributed by atoms with van der Waals surface area (Å²) >= 11 is 31.0. The van der Waals surface area contributed by atoms with Gasteiger partial charge in [-0.05, 0) is 53.6 Å². The molecule has 0 bridgehead atoms. The van der Waals surface area contributed by atoms with Crippen LogP contribution in [0.4, 0.5) is 18.9 Å². The minimum absolute atomic E-state index is 0.0452. The number of ketones is 1. The van der Waals surface area contributed by atoms with E-state index in [0.29, 0.717) is 15.6 Å². The number of hydrogen-bond donors (Lipinski definition) is 1. The van der Waals surface area contributed by atoms with Gasteiger partial charge >= 0.3 is 6.18 Å². The number of nitrogens with one attached hydrogen (secondary N) is 1. The summed E-state index contributed by atoms with van der Waals surface area (Å²) < 4.78 is 37.6. The number of benzene rings is 3. The van der Waals surface area contributed by atoms with Crippen molar-refractivity contribution in [2.24, 2.45) is 5.92 Å². The number of Topliss-reactive ketones (excluding diaryl/α,β-unsaturated/α-hetero) is 1. The number of rotatable bonds is 6. The largest absolute Gasteiger partial charge is 0.416 e. The van der Waals surface area contributed by atoms with Crippen LogP contribution in [-0.2, 0) is 17.4 Å². The second-order valence-corrected chi connectivity index (χ2v) is 11.0. The lowest BCUT2D eigenvalue weighted by Gasteiger charge is -2.11. The van der Waals surface area contributed by atoms with Crippen molar-refractivity contribution in [1.82, 2.24) is 0 Å². The Kier molecular flexibility index (Phi) is 7.58. The smallest absolute Gasteiger partial charge is 0.326 e. The maximum atomic E-state index is 13.0. The molecule has 2 unspecified atom stereocenters. The SMILES string of the molecule is O=C(Cc1cccc(C(F)(F)F)c1)c1cc(NC(=O)C2C(c3cc(Cl)cc(Cl)c3)C2(Cl)Cl)ccc1Cl. The van der Waals surface area contributed by atoms with E-state index < -0.39 is 39.6 Å². The summed E-state index contributed by atoms with van der Waals surface area (Å²) in [5.74, 6) is -2.40. The highest BCUT2D eigenvalue weighted by Gasteiger charge is 2.67. The zero-order valence-corrected chi connectivity index (χ0v) is 21.8. The number of halogens is 8. The first kappa shape index (κ1) is 27.1. The summed E-state index contributed by atoms with van der Waals surface area (Å²) in [7, 11) is 0. The molecule has 0 radical (unpaired) electrons. The Morgan fingerprint density at radius 1 is 0.917 bits per heavy atom. The van der Waals surface area contributed by atoms with E-state index in [0.717, 1.165) is 12.1 Å². The van der Waals surface area contributed by atoms with Gasteiger partial charge in [0.25, 0.3) is 0 Å². The molecule has 1 aliphatic rings. The molecule has 3 aromatic carbocycles. The van der Waals surface area contributed by atoms with Gasteiger partial charge in [-0.2, -0.15) is 13.2 Å². The van der Waals surface area contributed by atoms with Gasteiger partial charge in [-0.25, -0.2) is 0 Å². The average molecular weight is 596 g/mol. The molecular formula is C25H15Cl5F3NO2. The molecule has 3 aromatic rings. The van der Waals surface area contributed by atoms with Crippen LogP contribution in [-0.4, -0.2) is 16.0 Å². The van der Waals surface area contributed by atoms with E-state index in [9.17, 15) is 22.8 Å². The summed E-state index contributed by atoms with van der Waals surface area (Å²) in [6.45, 7) is 0. The van der Waals surface area contributed by atoms with E-state index in [2.05, 4.69) is 5.32 Å². The van der Waals surface area contributed by atoms with Gasteiger partial charge in [0.05, 0.1) is 16.5 Å². The van der Waals surface area contributed by atoms with Crippen molar-refractivity contribution >= 4 is 75.4 Å². The van der Waals surface area contributed by atoms with Crippen LogP contribution in [0.25, 0.3) is 0 Å². The Labute approximate surface area is 229 Å². The molecular weight excluding hydrogens is 581 g/mol. The molecule has 0 aromatic heterocycles. The fourth-order valence-corrected chi connectivity index (χ4v) is 5.59. The van der Waals surface area contributed by atoms with Crippen LogP contribution in [0.1, 0.15) is 33.0 Å². The van der Waals surface area contributed by atoms with Crippen molar-refractivity contribution in [1.29, 1.82) is 0 Å². The van der Waals surface area contributed by atoms with Crippen molar-refractivity contribution in [3.05, 3.63) is 98.0 Å². The van der Waals surface area contributed by atoms with E-state index in [1.807, 2.05) is 0 Å². The minimum atomic E-state index is -4.53. The monoisotopic (exact) mass is 593 g/mol. The predicted molar refractivity (Wildman–Crippen MR) is 137 cm³/mol. The second-order valence-electron chi connectivity index (χ2n) is 8.31. The zero-order chi connectivity index (χ0) is 26.4. The topological polar surface area (TPSA) is 46.2 Å². The minimum Gasteiger partial charge on any atom is -0.326 e. The summed E-state index contributed by atoms with van der Waals surface area (Å²) in [5, 5.41) is 3.50. The van der Waals surface area contributed by atoms with Gasteiger partial charge in [-0.3, -0.25) is 9.59 Å². The molecule has 1 aliphatic carbocycles. The molecule has 11 heteroatoms. The van der Waals surface area contributed by atoms with Crippen LogP contribution in [0.3, 0.4) is 0 Å². The van der Waals surface area contributed by atoms with Crippen molar-refractivity contribution in [3.8, 4) is 0 Å². The highest BCUT2D eigenvalue weighted by Crippen LogP contribution is 2.65. The molecule has 0 spiro atoms. The third kappa shape index (κ3) is 5.79. The molecule has 0 aliphatic heterocycles. The zero-order valence-electron chi connectivity index (χ0n) is 18.0. The first-order valence-corrected chi connectivity index (χ1v) is 12.3. The second kappa shape index (κ2) is 10.1. The molecule has 4 rings (SSSR count). The van der Waals surface area contributed by atoms with Gasteiger partial charge in [0.15, 0.2) is 5.78 Å². The number of amides is 1. The first-order valence-electron chi connectivity index (χ1n) is 10.4. The number of anilines is 1. The lowest BCUT2D eigenvalue weighted by atomic mass is 10.0. The quantitative estimate of drug-likeness (QED) is 0.229. The Balaban J connectivity index is 1.51. The molecule has 36 heavy (non-hydrogen) atoms. The van der Waals surface area contributed by atoms with Crippen molar-refractivity contribution in [2.75, 3.05) is 5.32 Å². The first-order chi connectivity index (χ1) is 16.8. The number of alkyl halides is 5. The van der Waals surface area contributed by atoms with Crippen molar-refractivity contribution in [2.45, 2.75) is 22.8 Å². The van der Waals surface area contributed by atoms with E-state index >= 15 is 0 Å². The molecule has 1 amide bonds. The Bertz CT molecular complexity index is 1340. The highest BCUT2D eigenvalue weighted by molar-refractivity contribution is 6.53. The molecule has 0 heterocycles. The normalized spacial score (nSPS) is 18.6. The van der Waals surface area contributed by atoms with Crippen LogP contribution >= 0.6 is 58.0 Å². The molecule has 1 fully saturated rings. The van der Waals surface area contributed by atoms with Gasteiger partial charge < -0.3 is 5.32 Å². The third-order valence-electron chi connectivity index (χ3n) is 5.73. The number of carbonyl (C=O) groups is 2. The summed E-state index contributed by atoms with van der Waals surface area (Å²) in [6.07, 6.45) is -4.84. The molecule has 188 valence electrons. The average Bonchev–Trinajstić information content (AvgIpc) is 3.36. The summed E-state index contributed by atoms with van der Waals surface area (Å²) in [6, 6.07) is 13.5. The molecule has 0 saturated heterocycles. The fourth-order valence-electron chi connectivity index (χ4n) is 4.00. The summed E-state index contributed by atoms with van der Waals surface area (Å²) in [4.78, 5) is 25.8. The Hall–Kier alpha value is -1.96. The van der Waals surface area contributed by atoms with Crippen LogP contribution in [0.5, 0.6) is 0 Å². The number of hydrogen-bond acceptors (Lipinski definition) is 2. The standard InChI is InChI=1S/C25H15Cl5F3NO2/c26-15-8-13(9-16(27)10-15)21-22(24(21,29)30)23(36)34-17-4-5-19(28)18(11-17)20(35)7-12-2-1-3-14(6-12)25(31,32)33/h1-6,8-11,21-22H,7H2,(H,34,36). The van der Waals surface area contributed by atoms with Gasteiger partial charge in [0, 0.05) is 33.6 Å². The van der Waals surface area contributed by atoms with Crippen LogP contribution in [0.15, 0.2) is 60.7 Å². The maximum absolute atomic E-state index is 13.0. The van der Waals surface area contributed by atoms with Gasteiger partial charge in [-0.1, -0.05) is 53.0 Å². The van der Waals surface area contributed by atoms with E-state index in [-0.39, 0.29) is 28.3 Å². The molecule has 3 nitrogen and oxygen atoms in total. The summed E-state index contributed by atoms with van der Waals surface area (Å²) in [5.41, 5.74) is 0.214. The molecule has 2 atom stereocenters. The molecule has 1 N–H and O–H groups in total. The van der Waals surface area contributed by atoms with Crippen molar-refractivity contribution in [3.63, 3.8) is 0 Å². The van der Waals surface area contributed by atoms with Crippen LogP contribution < -0.4 is 5.32 Å². The van der Waals surface area contributed by atoms with E-state index in [1.54, 1.807) is 18.2 Å². The lowest BCUT2D eigenvalue weighted by molar-refractivity contribution is -0.137.